The molecule has 0 heterocycles. The first-order valence-corrected chi connectivity index (χ1v) is 5.57. The van der Waals surface area contributed by atoms with Gasteiger partial charge in [-0.05, 0) is 24.7 Å². The van der Waals surface area contributed by atoms with Gasteiger partial charge < -0.3 is 0 Å². The van der Waals surface area contributed by atoms with Crippen LogP contribution in [0.25, 0.3) is 0 Å². The van der Waals surface area contributed by atoms with Gasteiger partial charge in [-0.25, -0.2) is 0 Å². The molecule has 0 saturated heterocycles. The Balaban J connectivity index is 0. The summed E-state index contributed by atoms with van der Waals surface area (Å²) < 4.78 is 0. The van der Waals surface area contributed by atoms with Crippen LogP contribution in [0.15, 0.2) is 35.2 Å². The number of allylic oxidation sites excluding steroid dienone is 2. The lowest BCUT2D eigenvalue weighted by molar-refractivity contribution is 0.589. The average molecular weight is 210 g/mol. The fourth-order valence-electron chi connectivity index (χ4n) is 1.07. The molecule has 0 aromatic carbocycles. The molecule has 0 rings (SSSR count). The van der Waals surface area contributed by atoms with Crippen molar-refractivity contribution in [1.82, 2.24) is 0 Å². The molecule has 15 heavy (non-hydrogen) atoms. The SMILES string of the molecule is C=C.CN=N/C(=C\CCC(C)C)C(C)C. The molecular weight excluding hydrogens is 184 g/mol. The molecule has 88 valence electrons. The molecule has 0 aliphatic rings. The van der Waals surface area contributed by atoms with Gasteiger partial charge in [0.25, 0.3) is 0 Å². The Bertz CT molecular complexity index is 191. The van der Waals surface area contributed by atoms with E-state index in [1.54, 1.807) is 7.05 Å². The van der Waals surface area contributed by atoms with Gasteiger partial charge in [0.05, 0.1) is 5.70 Å². The van der Waals surface area contributed by atoms with Crippen LogP contribution in [0.1, 0.15) is 40.5 Å². The van der Waals surface area contributed by atoms with Crippen LogP contribution in [0, 0.1) is 11.8 Å². The lowest BCUT2D eigenvalue weighted by Crippen LogP contribution is -1.91. The average Bonchev–Trinajstić information content (AvgIpc) is 2.19. The van der Waals surface area contributed by atoms with Crippen LogP contribution in [-0.2, 0) is 0 Å². The van der Waals surface area contributed by atoms with E-state index in [4.69, 9.17) is 0 Å². The number of rotatable bonds is 5. The van der Waals surface area contributed by atoms with E-state index in [1.807, 2.05) is 0 Å². The molecule has 0 aromatic heterocycles. The third-order valence-corrected chi connectivity index (χ3v) is 1.90. The van der Waals surface area contributed by atoms with Gasteiger partial charge in [0, 0.05) is 7.05 Å². The summed E-state index contributed by atoms with van der Waals surface area (Å²) in [7, 11) is 1.72. The summed E-state index contributed by atoms with van der Waals surface area (Å²) in [5, 5.41) is 7.92. The summed E-state index contributed by atoms with van der Waals surface area (Å²) in [5.41, 5.74) is 1.11. The molecule has 0 spiro atoms. The highest BCUT2D eigenvalue weighted by Crippen LogP contribution is 2.14. The summed E-state index contributed by atoms with van der Waals surface area (Å²) >= 11 is 0. The fraction of sp³-hybridized carbons (Fsp3) is 0.692. The van der Waals surface area contributed by atoms with Gasteiger partial charge in [0.15, 0.2) is 0 Å². The monoisotopic (exact) mass is 210 g/mol. The predicted octanol–water partition coefficient (Wildman–Crippen LogP) is 4.85. The molecule has 2 nitrogen and oxygen atoms in total. The summed E-state index contributed by atoms with van der Waals surface area (Å²) in [6, 6.07) is 0. The van der Waals surface area contributed by atoms with Gasteiger partial charge in [0.1, 0.15) is 0 Å². The van der Waals surface area contributed by atoms with E-state index >= 15 is 0 Å². The van der Waals surface area contributed by atoms with Crippen molar-refractivity contribution < 1.29 is 0 Å². The van der Waals surface area contributed by atoms with E-state index < -0.39 is 0 Å². The van der Waals surface area contributed by atoms with Crippen LogP contribution in [0.3, 0.4) is 0 Å². The zero-order valence-corrected chi connectivity index (χ0v) is 11.0. The van der Waals surface area contributed by atoms with E-state index in [0.29, 0.717) is 5.92 Å². The van der Waals surface area contributed by atoms with Gasteiger partial charge in [-0.1, -0.05) is 33.8 Å². The summed E-state index contributed by atoms with van der Waals surface area (Å²) in [6.45, 7) is 14.8. The van der Waals surface area contributed by atoms with Crippen LogP contribution in [0.2, 0.25) is 0 Å². The van der Waals surface area contributed by atoms with Crippen molar-refractivity contribution in [2.45, 2.75) is 40.5 Å². The van der Waals surface area contributed by atoms with E-state index in [0.717, 1.165) is 18.0 Å². The molecule has 0 fully saturated rings. The third-order valence-electron chi connectivity index (χ3n) is 1.90. The minimum absolute atomic E-state index is 0.482. The van der Waals surface area contributed by atoms with Gasteiger partial charge in [-0.15, -0.1) is 13.2 Å². The van der Waals surface area contributed by atoms with Crippen molar-refractivity contribution in [3.05, 3.63) is 24.9 Å². The molecule has 0 amide bonds. The molecule has 0 atom stereocenters. The molecule has 2 heteroatoms. The van der Waals surface area contributed by atoms with E-state index in [2.05, 4.69) is 57.2 Å². The van der Waals surface area contributed by atoms with Gasteiger partial charge in [-0.2, -0.15) is 10.2 Å². The second kappa shape index (κ2) is 11.2. The lowest BCUT2D eigenvalue weighted by atomic mass is 10.1. The topological polar surface area (TPSA) is 24.7 Å². The molecule has 0 saturated carbocycles. The number of hydrogen-bond donors (Lipinski definition) is 0. The lowest BCUT2D eigenvalue weighted by Gasteiger charge is -2.05. The number of hydrogen-bond acceptors (Lipinski definition) is 2. The zero-order valence-electron chi connectivity index (χ0n) is 11.0. The van der Waals surface area contributed by atoms with Crippen LogP contribution in [-0.4, -0.2) is 7.05 Å². The second-order valence-corrected chi connectivity index (χ2v) is 4.05. The van der Waals surface area contributed by atoms with Crippen molar-refractivity contribution in [3.63, 3.8) is 0 Å². The first-order valence-electron chi connectivity index (χ1n) is 5.57. The van der Waals surface area contributed by atoms with Crippen LogP contribution < -0.4 is 0 Å². The molecule has 0 unspecified atom stereocenters. The summed E-state index contributed by atoms with van der Waals surface area (Å²) in [5.74, 6) is 1.25. The first kappa shape index (κ1) is 16.5. The largest absolute Gasteiger partial charge is 0.192 e. The number of azo groups is 1. The predicted molar refractivity (Wildman–Crippen MR) is 69.0 cm³/mol. The number of nitrogens with zero attached hydrogens (tertiary/aromatic N) is 2. The Morgan fingerprint density at radius 1 is 1.20 bits per heavy atom. The minimum Gasteiger partial charge on any atom is -0.192 e. The second-order valence-electron chi connectivity index (χ2n) is 4.05. The van der Waals surface area contributed by atoms with Gasteiger partial charge in [0.2, 0.25) is 0 Å². The molecule has 0 aliphatic carbocycles. The van der Waals surface area contributed by atoms with Crippen LogP contribution >= 0.6 is 0 Å². The highest BCUT2D eigenvalue weighted by atomic mass is 15.1. The van der Waals surface area contributed by atoms with Crippen molar-refractivity contribution >= 4 is 0 Å². The zero-order chi connectivity index (χ0) is 12.3. The Labute approximate surface area is 95.2 Å². The molecule has 0 radical (unpaired) electrons. The first-order chi connectivity index (χ1) is 7.07. The van der Waals surface area contributed by atoms with Crippen molar-refractivity contribution in [2.24, 2.45) is 22.1 Å². The van der Waals surface area contributed by atoms with Crippen LogP contribution in [0.5, 0.6) is 0 Å². The highest BCUT2D eigenvalue weighted by Gasteiger charge is 2.00. The minimum atomic E-state index is 0.482. The van der Waals surface area contributed by atoms with Gasteiger partial charge >= 0.3 is 0 Å². The van der Waals surface area contributed by atoms with Crippen molar-refractivity contribution in [1.29, 1.82) is 0 Å². The Morgan fingerprint density at radius 2 is 1.73 bits per heavy atom. The van der Waals surface area contributed by atoms with E-state index in [-0.39, 0.29) is 0 Å². The Morgan fingerprint density at radius 3 is 2.07 bits per heavy atom. The Kier molecular flexibility index (Phi) is 12.3. The maximum atomic E-state index is 4.11. The maximum Gasteiger partial charge on any atom is 0.0611 e. The van der Waals surface area contributed by atoms with Crippen molar-refractivity contribution in [3.8, 4) is 0 Å². The summed E-state index contributed by atoms with van der Waals surface area (Å²) in [6.07, 6.45) is 4.55. The normalized spacial score (nSPS) is 12.1. The molecule has 0 aliphatic heterocycles. The molecule has 0 N–H and O–H groups in total. The smallest absolute Gasteiger partial charge is 0.0611 e. The quantitative estimate of drug-likeness (QED) is 0.458. The van der Waals surface area contributed by atoms with Crippen molar-refractivity contribution in [2.75, 3.05) is 7.05 Å². The van der Waals surface area contributed by atoms with E-state index in [1.165, 1.54) is 6.42 Å². The molecular formula is C13H26N2. The fourth-order valence-corrected chi connectivity index (χ4v) is 1.07. The summed E-state index contributed by atoms with van der Waals surface area (Å²) in [4.78, 5) is 0. The van der Waals surface area contributed by atoms with Crippen LogP contribution in [0.4, 0.5) is 0 Å². The highest BCUT2D eigenvalue weighted by molar-refractivity contribution is 5.01. The Hall–Kier alpha value is -0.920. The molecule has 0 bridgehead atoms. The maximum absolute atomic E-state index is 4.11. The van der Waals surface area contributed by atoms with Gasteiger partial charge in [-0.3, -0.25) is 0 Å². The third kappa shape index (κ3) is 11.0. The standard InChI is InChI=1S/C11H22N2.C2H4/c1-9(2)7-6-8-11(10(3)4)13-12-5;1-2/h8-10H,6-7H2,1-5H3;1-2H2/b11-8-,13-12?;. The molecule has 0 aromatic rings. The van der Waals surface area contributed by atoms with E-state index in [9.17, 15) is 0 Å².